The summed E-state index contributed by atoms with van der Waals surface area (Å²) in [6.45, 7) is 0.659. The number of alkyl halides is 1. The summed E-state index contributed by atoms with van der Waals surface area (Å²) < 4.78 is 4.99. The molecule has 19 heavy (non-hydrogen) atoms. The summed E-state index contributed by atoms with van der Waals surface area (Å²) in [5.41, 5.74) is 0.286. The van der Waals surface area contributed by atoms with Gasteiger partial charge >= 0.3 is 0 Å². The number of carbonyl (C=O) groups is 1. The van der Waals surface area contributed by atoms with Crippen molar-refractivity contribution in [2.45, 2.75) is 24.1 Å². The van der Waals surface area contributed by atoms with Crippen molar-refractivity contribution in [2.75, 3.05) is 13.7 Å². The monoisotopic (exact) mass is 327 g/mol. The van der Waals surface area contributed by atoms with E-state index in [0.29, 0.717) is 23.0 Å². The SMILES string of the molecule is COc1ccc(C(=O)NCC2CCC(Br)C2)c(O)c1. The molecule has 104 valence electrons. The Balaban J connectivity index is 1.92. The first-order chi connectivity index (χ1) is 9.10. The lowest BCUT2D eigenvalue weighted by Gasteiger charge is -2.12. The van der Waals surface area contributed by atoms with Crippen LogP contribution >= 0.6 is 15.9 Å². The van der Waals surface area contributed by atoms with Gasteiger partial charge in [0.2, 0.25) is 0 Å². The van der Waals surface area contributed by atoms with Crippen LogP contribution in [0.5, 0.6) is 11.5 Å². The van der Waals surface area contributed by atoms with E-state index in [1.165, 1.54) is 13.2 Å². The van der Waals surface area contributed by atoms with E-state index in [1.807, 2.05) is 0 Å². The van der Waals surface area contributed by atoms with Crippen molar-refractivity contribution in [2.24, 2.45) is 5.92 Å². The van der Waals surface area contributed by atoms with Crippen molar-refractivity contribution in [3.63, 3.8) is 0 Å². The predicted molar refractivity (Wildman–Crippen MR) is 77.0 cm³/mol. The number of ether oxygens (including phenoxy) is 1. The summed E-state index contributed by atoms with van der Waals surface area (Å²) in [6, 6.07) is 4.68. The van der Waals surface area contributed by atoms with Gasteiger partial charge in [-0.25, -0.2) is 0 Å². The zero-order chi connectivity index (χ0) is 13.8. The standard InChI is InChI=1S/C14H18BrNO3/c1-19-11-4-5-12(13(17)7-11)14(18)16-8-9-2-3-10(15)6-9/h4-5,7,9-10,17H,2-3,6,8H2,1H3,(H,16,18). The topological polar surface area (TPSA) is 58.6 Å². The molecule has 1 aromatic carbocycles. The van der Waals surface area contributed by atoms with Gasteiger partial charge in [0, 0.05) is 17.4 Å². The van der Waals surface area contributed by atoms with E-state index in [1.54, 1.807) is 12.1 Å². The second kappa shape index (κ2) is 6.28. The first kappa shape index (κ1) is 14.2. The normalized spacial score (nSPS) is 22.2. The van der Waals surface area contributed by atoms with Gasteiger partial charge in [-0.05, 0) is 37.3 Å². The molecular weight excluding hydrogens is 310 g/mol. The van der Waals surface area contributed by atoms with Crippen LogP contribution in [0.15, 0.2) is 18.2 Å². The summed E-state index contributed by atoms with van der Waals surface area (Å²) in [4.78, 5) is 12.6. The number of rotatable bonds is 4. The summed E-state index contributed by atoms with van der Waals surface area (Å²) in [5, 5.41) is 12.7. The summed E-state index contributed by atoms with van der Waals surface area (Å²) >= 11 is 3.59. The Hall–Kier alpha value is -1.23. The summed E-state index contributed by atoms with van der Waals surface area (Å²) in [5.74, 6) is 0.764. The molecular formula is C14H18BrNO3. The summed E-state index contributed by atoms with van der Waals surface area (Å²) in [7, 11) is 1.52. The van der Waals surface area contributed by atoms with Crippen LogP contribution in [0.25, 0.3) is 0 Å². The molecule has 0 bridgehead atoms. The molecule has 5 heteroatoms. The lowest BCUT2D eigenvalue weighted by molar-refractivity contribution is 0.0944. The minimum Gasteiger partial charge on any atom is -0.507 e. The van der Waals surface area contributed by atoms with Crippen LogP contribution in [-0.4, -0.2) is 29.5 Å². The first-order valence-electron chi connectivity index (χ1n) is 6.39. The van der Waals surface area contributed by atoms with E-state index < -0.39 is 0 Å². The molecule has 0 spiro atoms. The van der Waals surface area contributed by atoms with Gasteiger partial charge in [-0.2, -0.15) is 0 Å². The molecule has 1 fully saturated rings. The van der Waals surface area contributed by atoms with Crippen molar-refractivity contribution >= 4 is 21.8 Å². The average Bonchev–Trinajstić information content (AvgIpc) is 2.81. The minimum atomic E-state index is -0.238. The maximum absolute atomic E-state index is 12.0. The first-order valence-corrected chi connectivity index (χ1v) is 7.31. The van der Waals surface area contributed by atoms with Gasteiger partial charge in [-0.3, -0.25) is 4.79 Å². The predicted octanol–water partition coefficient (Wildman–Crippen LogP) is 2.69. The Kier molecular flexibility index (Phi) is 4.69. The largest absolute Gasteiger partial charge is 0.507 e. The van der Waals surface area contributed by atoms with Gasteiger partial charge in [0.1, 0.15) is 11.5 Å². The molecule has 1 aliphatic carbocycles. The Morgan fingerprint density at radius 1 is 1.53 bits per heavy atom. The highest BCUT2D eigenvalue weighted by Crippen LogP contribution is 2.30. The van der Waals surface area contributed by atoms with Gasteiger partial charge in [-0.1, -0.05) is 15.9 Å². The number of carbonyl (C=O) groups excluding carboxylic acids is 1. The van der Waals surface area contributed by atoms with Gasteiger partial charge in [0.25, 0.3) is 5.91 Å². The number of phenolic OH excluding ortho intramolecular Hbond substituents is 1. The third kappa shape index (κ3) is 3.62. The molecule has 2 N–H and O–H groups in total. The molecule has 1 aliphatic rings. The van der Waals surface area contributed by atoms with Crippen molar-refractivity contribution < 1.29 is 14.6 Å². The number of hydrogen-bond donors (Lipinski definition) is 2. The Morgan fingerprint density at radius 2 is 2.32 bits per heavy atom. The zero-order valence-electron chi connectivity index (χ0n) is 10.9. The Labute approximate surface area is 121 Å². The number of methoxy groups -OCH3 is 1. The van der Waals surface area contributed by atoms with Crippen molar-refractivity contribution in [1.29, 1.82) is 0 Å². The van der Waals surface area contributed by atoms with Gasteiger partial charge in [0.05, 0.1) is 12.7 Å². The van der Waals surface area contributed by atoms with Crippen LogP contribution in [0.2, 0.25) is 0 Å². The number of phenols is 1. The highest BCUT2D eigenvalue weighted by Gasteiger charge is 2.23. The number of benzene rings is 1. The van der Waals surface area contributed by atoms with Crippen LogP contribution < -0.4 is 10.1 Å². The molecule has 0 aromatic heterocycles. The van der Waals surface area contributed by atoms with E-state index in [4.69, 9.17) is 4.74 Å². The number of amides is 1. The van der Waals surface area contributed by atoms with Gasteiger partial charge < -0.3 is 15.2 Å². The van der Waals surface area contributed by atoms with Gasteiger partial charge in [-0.15, -0.1) is 0 Å². The average molecular weight is 328 g/mol. The van der Waals surface area contributed by atoms with Crippen LogP contribution in [0, 0.1) is 5.92 Å². The number of nitrogens with one attached hydrogen (secondary N) is 1. The van der Waals surface area contributed by atoms with Crippen LogP contribution in [0.1, 0.15) is 29.6 Å². The molecule has 2 rings (SSSR count). The fraction of sp³-hybridized carbons (Fsp3) is 0.500. The minimum absolute atomic E-state index is 0.0540. The molecule has 0 heterocycles. The lowest BCUT2D eigenvalue weighted by atomic mass is 10.1. The molecule has 0 aliphatic heterocycles. The third-order valence-corrected chi connectivity index (χ3v) is 4.31. The van der Waals surface area contributed by atoms with E-state index in [2.05, 4.69) is 21.2 Å². The number of aromatic hydroxyl groups is 1. The molecule has 0 saturated heterocycles. The van der Waals surface area contributed by atoms with E-state index in [0.717, 1.165) is 19.3 Å². The Bertz CT molecular complexity index is 464. The van der Waals surface area contributed by atoms with Crippen molar-refractivity contribution in [3.05, 3.63) is 23.8 Å². The molecule has 4 nitrogen and oxygen atoms in total. The fourth-order valence-electron chi connectivity index (χ4n) is 2.36. The number of halogens is 1. The van der Waals surface area contributed by atoms with Gasteiger partial charge in [0.15, 0.2) is 0 Å². The maximum Gasteiger partial charge on any atom is 0.255 e. The Morgan fingerprint density at radius 3 is 2.89 bits per heavy atom. The molecule has 1 aromatic rings. The van der Waals surface area contributed by atoms with Crippen LogP contribution in [0.3, 0.4) is 0 Å². The van der Waals surface area contributed by atoms with Crippen molar-refractivity contribution in [1.82, 2.24) is 5.32 Å². The molecule has 1 saturated carbocycles. The van der Waals surface area contributed by atoms with E-state index >= 15 is 0 Å². The van der Waals surface area contributed by atoms with Crippen molar-refractivity contribution in [3.8, 4) is 11.5 Å². The van der Waals surface area contributed by atoms with Crippen LogP contribution in [-0.2, 0) is 0 Å². The molecule has 1 amide bonds. The lowest BCUT2D eigenvalue weighted by Crippen LogP contribution is -2.28. The van der Waals surface area contributed by atoms with E-state index in [-0.39, 0.29) is 17.2 Å². The number of hydrogen-bond acceptors (Lipinski definition) is 3. The molecule has 2 unspecified atom stereocenters. The highest BCUT2D eigenvalue weighted by molar-refractivity contribution is 9.09. The molecule has 2 atom stereocenters. The molecule has 0 radical (unpaired) electrons. The highest BCUT2D eigenvalue weighted by atomic mass is 79.9. The van der Waals surface area contributed by atoms with E-state index in [9.17, 15) is 9.90 Å². The zero-order valence-corrected chi connectivity index (χ0v) is 12.4. The third-order valence-electron chi connectivity index (χ3n) is 3.48. The quantitative estimate of drug-likeness (QED) is 0.836. The van der Waals surface area contributed by atoms with Crippen LogP contribution in [0.4, 0.5) is 0 Å². The smallest absolute Gasteiger partial charge is 0.255 e. The maximum atomic E-state index is 12.0. The summed E-state index contributed by atoms with van der Waals surface area (Å²) in [6.07, 6.45) is 3.38. The second-order valence-electron chi connectivity index (χ2n) is 4.87. The fourth-order valence-corrected chi connectivity index (χ4v) is 3.16. The second-order valence-corrected chi connectivity index (χ2v) is 6.16.